The van der Waals surface area contributed by atoms with Crippen LogP contribution in [0.25, 0.3) is 15.9 Å². The Hall–Kier alpha value is -4.32. The van der Waals surface area contributed by atoms with Gasteiger partial charge in [-0.25, -0.2) is 9.78 Å². The Morgan fingerprint density at radius 1 is 1.12 bits per heavy atom. The van der Waals surface area contributed by atoms with Crippen molar-refractivity contribution in [3.8, 4) is 16.8 Å². The van der Waals surface area contributed by atoms with Crippen molar-refractivity contribution in [2.45, 2.75) is 32.8 Å². The number of nitrogens with zero attached hydrogens (tertiary/aromatic N) is 5. The van der Waals surface area contributed by atoms with Gasteiger partial charge < -0.3 is 29.7 Å². The highest BCUT2D eigenvalue weighted by Gasteiger charge is 2.26. The zero-order valence-electron chi connectivity index (χ0n) is 22.9. The molecule has 0 unspecified atom stereocenters. The predicted molar refractivity (Wildman–Crippen MR) is 154 cm³/mol. The molecular formula is C28H32N6O5S. The number of rotatable bonds is 5. The zero-order valence-corrected chi connectivity index (χ0v) is 23.7. The number of ether oxygens (including phenoxy) is 2. The molecule has 2 N–H and O–H groups in total. The Kier molecular flexibility index (Phi) is 7.53. The molecule has 4 heterocycles. The summed E-state index contributed by atoms with van der Waals surface area (Å²) in [4.78, 5) is 38.3. The summed E-state index contributed by atoms with van der Waals surface area (Å²) >= 11 is 1.25. The van der Waals surface area contributed by atoms with Gasteiger partial charge in [-0.15, -0.1) is 11.3 Å². The molecule has 0 saturated carbocycles. The number of fused-ring (bicyclic) bond motifs is 1. The number of hydrogen-bond donors (Lipinski definition) is 2. The molecule has 11 nitrogen and oxygen atoms in total. The summed E-state index contributed by atoms with van der Waals surface area (Å²) < 4.78 is 12.4. The van der Waals surface area contributed by atoms with E-state index in [1.807, 2.05) is 39.0 Å². The van der Waals surface area contributed by atoms with Crippen molar-refractivity contribution in [2.24, 2.45) is 0 Å². The Morgan fingerprint density at radius 2 is 1.95 bits per heavy atom. The van der Waals surface area contributed by atoms with E-state index in [-0.39, 0.29) is 23.6 Å². The van der Waals surface area contributed by atoms with E-state index in [1.54, 1.807) is 46.6 Å². The molecule has 5 rings (SSSR count). The molecule has 1 aliphatic rings. The first-order chi connectivity index (χ1) is 19.1. The van der Waals surface area contributed by atoms with E-state index >= 15 is 0 Å². The SMILES string of the molecule is COc1ccc2cn(-c3nc(C(=O)Nc4cnccc4N4CCCN(C(=O)OC(C)(C)C)CC4)cs3)c(O)c2c1. The highest BCUT2D eigenvalue weighted by Crippen LogP contribution is 2.34. The minimum Gasteiger partial charge on any atom is -0.497 e. The summed E-state index contributed by atoms with van der Waals surface area (Å²) in [5.74, 6) is 0.264. The van der Waals surface area contributed by atoms with Crippen molar-refractivity contribution < 1.29 is 24.2 Å². The molecule has 1 aromatic carbocycles. The van der Waals surface area contributed by atoms with Gasteiger partial charge in [0.15, 0.2) is 5.13 Å². The van der Waals surface area contributed by atoms with E-state index in [9.17, 15) is 14.7 Å². The summed E-state index contributed by atoms with van der Waals surface area (Å²) in [5.41, 5.74) is 1.03. The molecule has 4 aromatic rings. The number of pyridine rings is 1. The number of carbonyl (C=O) groups excluding carboxylic acids is 2. The lowest BCUT2D eigenvalue weighted by molar-refractivity contribution is 0.0263. The van der Waals surface area contributed by atoms with Crippen LogP contribution < -0.4 is 15.0 Å². The normalized spacial score (nSPS) is 14.2. The molecule has 40 heavy (non-hydrogen) atoms. The smallest absolute Gasteiger partial charge is 0.410 e. The number of benzene rings is 1. The molecule has 1 saturated heterocycles. The van der Waals surface area contributed by atoms with Crippen LogP contribution >= 0.6 is 11.3 Å². The third-order valence-corrected chi connectivity index (χ3v) is 7.30. The van der Waals surface area contributed by atoms with Crippen molar-refractivity contribution in [1.29, 1.82) is 0 Å². The second kappa shape index (κ2) is 11.0. The van der Waals surface area contributed by atoms with E-state index in [2.05, 4.69) is 20.2 Å². The molecule has 0 aliphatic carbocycles. The lowest BCUT2D eigenvalue weighted by Gasteiger charge is -2.27. The third kappa shape index (κ3) is 5.81. The van der Waals surface area contributed by atoms with Gasteiger partial charge in [-0.2, -0.15) is 0 Å². The molecule has 0 bridgehead atoms. The average molecular weight is 565 g/mol. The number of hydrogen-bond acceptors (Lipinski definition) is 9. The maximum Gasteiger partial charge on any atom is 0.410 e. The highest BCUT2D eigenvalue weighted by molar-refractivity contribution is 7.12. The molecule has 210 valence electrons. The Balaban J connectivity index is 1.30. The summed E-state index contributed by atoms with van der Waals surface area (Å²) in [5, 5.41) is 17.3. The molecule has 1 fully saturated rings. The number of methoxy groups -OCH3 is 1. The summed E-state index contributed by atoms with van der Waals surface area (Å²) in [6.45, 7) is 7.94. The van der Waals surface area contributed by atoms with Gasteiger partial charge in [0.2, 0.25) is 5.88 Å². The van der Waals surface area contributed by atoms with Gasteiger partial charge >= 0.3 is 6.09 Å². The number of anilines is 2. The van der Waals surface area contributed by atoms with Crippen LogP contribution in [0.5, 0.6) is 11.6 Å². The van der Waals surface area contributed by atoms with E-state index in [1.165, 1.54) is 11.3 Å². The van der Waals surface area contributed by atoms with Crippen molar-refractivity contribution in [3.05, 3.63) is 53.9 Å². The van der Waals surface area contributed by atoms with Crippen LogP contribution in [0.2, 0.25) is 0 Å². The van der Waals surface area contributed by atoms with Crippen LogP contribution in [-0.4, -0.2) is 75.4 Å². The summed E-state index contributed by atoms with van der Waals surface area (Å²) in [7, 11) is 1.57. The number of amides is 2. The minimum absolute atomic E-state index is 0.0198. The Labute approximate surface area is 236 Å². The highest BCUT2D eigenvalue weighted by atomic mass is 32.1. The fourth-order valence-electron chi connectivity index (χ4n) is 4.54. The maximum atomic E-state index is 13.2. The van der Waals surface area contributed by atoms with Gasteiger partial charge in [0.05, 0.1) is 24.7 Å². The molecule has 0 atom stereocenters. The molecule has 0 spiro atoms. The maximum absolute atomic E-state index is 13.2. The first-order valence-electron chi connectivity index (χ1n) is 12.9. The van der Waals surface area contributed by atoms with E-state index in [0.29, 0.717) is 48.1 Å². The van der Waals surface area contributed by atoms with Gasteiger partial charge in [-0.3, -0.25) is 14.3 Å². The predicted octanol–water partition coefficient (Wildman–Crippen LogP) is 4.90. The van der Waals surface area contributed by atoms with E-state index < -0.39 is 5.60 Å². The van der Waals surface area contributed by atoms with Gasteiger partial charge in [-0.1, -0.05) is 0 Å². The van der Waals surface area contributed by atoms with Crippen LogP contribution in [0.15, 0.2) is 48.2 Å². The largest absolute Gasteiger partial charge is 0.497 e. The number of aromatic nitrogens is 3. The molecule has 1 aliphatic heterocycles. The molecule has 0 radical (unpaired) electrons. The topological polar surface area (TPSA) is 122 Å². The number of aromatic hydroxyl groups is 1. The fraction of sp³-hybridized carbons (Fsp3) is 0.357. The first kappa shape index (κ1) is 27.3. The second-order valence-corrected chi connectivity index (χ2v) is 11.3. The first-order valence-corrected chi connectivity index (χ1v) is 13.8. The summed E-state index contributed by atoms with van der Waals surface area (Å²) in [6, 6.07) is 7.27. The van der Waals surface area contributed by atoms with Crippen LogP contribution in [0.3, 0.4) is 0 Å². The Bertz CT molecular complexity index is 1540. The van der Waals surface area contributed by atoms with Crippen LogP contribution in [-0.2, 0) is 4.74 Å². The van der Waals surface area contributed by atoms with Crippen molar-refractivity contribution in [3.63, 3.8) is 0 Å². The molecule has 3 aromatic heterocycles. The van der Waals surface area contributed by atoms with Crippen molar-refractivity contribution >= 4 is 45.5 Å². The van der Waals surface area contributed by atoms with Crippen LogP contribution in [0, 0.1) is 0 Å². The number of thiazole rings is 1. The molecule has 2 amide bonds. The fourth-order valence-corrected chi connectivity index (χ4v) is 5.32. The van der Waals surface area contributed by atoms with E-state index in [0.717, 1.165) is 17.5 Å². The van der Waals surface area contributed by atoms with Crippen LogP contribution in [0.1, 0.15) is 37.7 Å². The average Bonchev–Trinajstić information content (AvgIpc) is 3.44. The van der Waals surface area contributed by atoms with Crippen molar-refractivity contribution in [2.75, 3.05) is 43.5 Å². The van der Waals surface area contributed by atoms with E-state index in [4.69, 9.17) is 9.47 Å². The van der Waals surface area contributed by atoms with Crippen LogP contribution in [0.4, 0.5) is 16.2 Å². The number of nitrogens with one attached hydrogen (secondary N) is 1. The quantitative estimate of drug-likeness (QED) is 0.351. The van der Waals surface area contributed by atoms with Gasteiger partial charge in [0, 0.05) is 54.7 Å². The zero-order chi connectivity index (χ0) is 28.4. The van der Waals surface area contributed by atoms with Gasteiger partial charge in [0.25, 0.3) is 5.91 Å². The minimum atomic E-state index is -0.553. The summed E-state index contributed by atoms with van der Waals surface area (Å²) in [6.07, 6.45) is 5.48. The second-order valence-electron chi connectivity index (χ2n) is 10.4. The Morgan fingerprint density at radius 3 is 2.73 bits per heavy atom. The van der Waals surface area contributed by atoms with Crippen molar-refractivity contribution in [1.82, 2.24) is 19.4 Å². The lowest BCUT2D eigenvalue weighted by Crippen LogP contribution is -2.39. The molecule has 12 heteroatoms. The lowest BCUT2D eigenvalue weighted by atomic mass is 10.2. The number of carbonyl (C=O) groups is 2. The monoisotopic (exact) mass is 564 g/mol. The standard InChI is InChI=1S/C28H32N6O5S/c1-28(2,3)39-27(37)33-11-5-10-32(12-13-33)23-8-9-29-15-21(23)30-24(35)22-17-40-26(31-22)34-16-18-6-7-19(38-4)14-20(18)25(34)36/h6-9,14-17,36H,5,10-13H2,1-4H3,(H,30,35). The molecular weight excluding hydrogens is 532 g/mol. The van der Waals surface area contributed by atoms with Gasteiger partial charge in [0.1, 0.15) is 17.0 Å². The third-order valence-electron chi connectivity index (χ3n) is 6.46. The van der Waals surface area contributed by atoms with Gasteiger partial charge in [-0.05, 0) is 51.5 Å².